The lowest BCUT2D eigenvalue weighted by molar-refractivity contribution is 0.0468. The van der Waals surface area contributed by atoms with E-state index in [4.69, 9.17) is 9.47 Å². The van der Waals surface area contributed by atoms with Gasteiger partial charge in [0.15, 0.2) is 0 Å². The predicted molar refractivity (Wildman–Crippen MR) is 75.7 cm³/mol. The van der Waals surface area contributed by atoms with Gasteiger partial charge in [0.25, 0.3) is 0 Å². The van der Waals surface area contributed by atoms with Crippen LogP contribution in [0.25, 0.3) is 5.69 Å². The maximum atomic E-state index is 5.40. The van der Waals surface area contributed by atoms with E-state index in [9.17, 15) is 0 Å². The summed E-state index contributed by atoms with van der Waals surface area (Å²) in [5.74, 6) is 0.994. The van der Waals surface area contributed by atoms with Crippen LogP contribution in [0.4, 0.5) is 0 Å². The zero-order valence-electron chi connectivity index (χ0n) is 11.6. The van der Waals surface area contributed by atoms with Gasteiger partial charge in [0, 0.05) is 18.8 Å². The highest BCUT2D eigenvalue weighted by atomic mass is 16.7. The molecule has 20 heavy (non-hydrogen) atoms. The molecule has 1 N–H and O–H groups in total. The van der Waals surface area contributed by atoms with Crippen molar-refractivity contribution in [3.8, 4) is 5.69 Å². The van der Waals surface area contributed by atoms with Crippen molar-refractivity contribution in [3.05, 3.63) is 48.0 Å². The molecule has 0 saturated carbocycles. The molecule has 1 saturated heterocycles. The molecule has 5 nitrogen and oxygen atoms in total. The number of nitrogens with one attached hydrogen (secondary N) is 1. The van der Waals surface area contributed by atoms with Gasteiger partial charge in [0.1, 0.15) is 12.6 Å². The van der Waals surface area contributed by atoms with Crippen molar-refractivity contribution in [2.75, 3.05) is 19.9 Å². The Morgan fingerprint density at radius 3 is 2.95 bits per heavy atom. The van der Waals surface area contributed by atoms with Crippen LogP contribution in [0.3, 0.4) is 0 Å². The highest BCUT2D eigenvalue weighted by Gasteiger charge is 2.16. The zero-order valence-corrected chi connectivity index (χ0v) is 11.6. The van der Waals surface area contributed by atoms with E-state index in [-0.39, 0.29) is 6.10 Å². The van der Waals surface area contributed by atoms with Crippen molar-refractivity contribution >= 4 is 0 Å². The van der Waals surface area contributed by atoms with Gasteiger partial charge in [-0.2, -0.15) is 0 Å². The first-order chi connectivity index (χ1) is 9.84. The number of hydrogen-bond acceptors (Lipinski definition) is 4. The Bertz CT molecular complexity index is 548. The van der Waals surface area contributed by atoms with E-state index < -0.39 is 0 Å². The minimum atomic E-state index is 0.157. The lowest BCUT2D eigenvalue weighted by Gasteiger charge is -2.12. The van der Waals surface area contributed by atoms with Crippen LogP contribution < -0.4 is 5.32 Å². The van der Waals surface area contributed by atoms with Crippen LogP contribution in [0.2, 0.25) is 0 Å². The second kappa shape index (κ2) is 6.17. The number of imidazole rings is 1. The Labute approximate surface area is 118 Å². The SMILES string of the molecule is Cc1ncc(CNCC2COCO2)n1-c1ccccc1. The fourth-order valence-corrected chi connectivity index (χ4v) is 2.40. The summed E-state index contributed by atoms with van der Waals surface area (Å²) >= 11 is 0. The summed E-state index contributed by atoms with van der Waals surface area (Å²) in [5, 5.41) is 3.40. The molecule has 106 valence electrons. The molecule has 1 aliphatic rings. The number of para-hydroxylation sites is 1. The van der Waals surface area contributed by atoms with Crippen molar-refractivity contribution in [1.82, 2.24) is 14.9 Å². The van der Waals surface area contributed by atoms with Crippen LogP contribution in [0.1, 0.15) is 11.5 Å². The molecule has 3 rings (SSSR count). The summed E-state index contributed by atoms with van der Waals surface area (Å²) in [6.07, 6.45) is 2.07. The molecule has 1 unspecified atom stereocenters. The Morgan fingerprint density at radius 2 is 2.20 bits per heavy atom. The second-order valence-electron chi connectivity index (χ2n) is 4.88. The summed E-state index contributed by atoms with van der Waals surface area (Å²) in [6, 6.07) is 10.3. The minimum Gasteiger partial charge on any atom is -0.353 e. The highest BCUT2D eigenvalue weighted by Crippen LogP contribution is 2.14. The van der Waals surface area contributed by atoms with Crippen molar-refractivity contribution in [2.45, 2.75) is 19.6 Å². The Hall–Kier alpha value is -1.69. The summed E-state index contributed by atoms with van der Waals surface area (Å²) in [6.45, 7) is 4.65. The molecule has 0 aliphatic carbocycles. The van der Waals surface area contributed by atoms with Crippen molar-refractivity contribution < 1.29 is 9.47 Å². The van der Waals surface area contributed by atoms with Crippen molar-refractivity contribution in [3.63, 3.8) is 0 Å². The summed E-state index contributed by atoms with van der Waals surface area (Å²) < 4.78 is 12.7. The quantitative estimate of drug-likeness (QED) is 0.900. The molecule has 1 atom stereocenters. The number of benzene rings is 1. The smallest absolute Gasteiger partial charge is 0.147 e. The van der Waals surface area contributed by atoms with Gasteiger partial charge in [0.05, 0.1) is 24.6 Å². The summed E-state index contributed by atoms with van der Waals surface area (Å²) in [5.41, 5.74) is 2.28. The first kappa shape index (κ1) is 13.3. The third-order valence-corrected chi connectivity index (χ3v) is 3.39. The van der Waals surface area contributed by atoms with Crippen LogP contribution in [0, 0.1) is 6.92 Å². The van der Waals surface area contributed by atoms with Crippen molar-refractivity contribution in [1.29, 1.82) is 0 Å². The van der Waals surface area contributed by atoms with Gasteiger partial charge >= 0.3 is 0 Å². The fourth-order valence-electron chi connectivity index (χ4n) is 2.40. The molecule has 2 heterocycles. The minimum absolute atomic E-state index is 0.157. The fraction of sp³-hybridized carbons (Fsp3) is 0.400. The number of hydrogen-bond donors (Lipinski definition) is 1. The molecule has 0 bridgehead atoms. The average molecular weight is 273 g/mol. The maximum absolute atomic E-state index is 5.40. The van der Waals surface area contributed by atoms with E-state index in [0.29, 0.717) is 13.4 Å². The second-order valence-corrected chi connectivity index (χ2v) is 4.88. The van der Waals surface area contributed by atoms with Gasteiger partial charge in [-0.25, -0.2) is 4.98 Å². The van der Waals surface area contributed by atoms with Crippen LogP contribution in [-0.4, -0.2) is 35.6 Å². The first-order valence-corrected chi connectivity index (χ1v) is 6.83. The van der Waals surface area contributed by atoms with Gasteiger partial charge in [-0.15, -0.1) is 0 Å². The van der Waals surface area contributed by atoms with Gasteiger partial charge in [-0.1, -0.05) is 18.2 Å². The van der Waals surface area contributed by atoms with E-state index in [2.05, 4.69) is 27.0 Å². The molecular formula is C15H19N3O2. The third kappa shape index (κ3) is 2.90. The lowest BCUT2D eigenvalue weighted by Crippen LogP contribution is -2.28. The molecule has 5 heteroatoms. The number of aryl methyl sites for hydroxylation is 1. The third-order valence-electron chi connectivity index (χ3n) is 3.39. The van der Waals surface area contributed by atoms with E-state index in [1.807, 2.05) is 31.3 Å². The van der Waals surface area contributed by atoms with E-state index in [1.54, 1.807) is 0 Å². The molecule has 0 spiro atoms. The lowest BCUT2D eigenvalue weighted by atomic mass is 10.3. The van der Waals surface area contributed by atoms with Crippen LogP contribution in [0.5, 0.6) is 0 Å². The van der Waals surface area contributed by atoms with Gasteiger partial charge in [0.2, 0.25) is 0 Å². The van der Waals surface area contributed by atoms with Crippen LogP contribution in [0.15, 0.2) is 36.5 Å². The molecule has 1 aliphatic heterocycles. The molecule has 2 aromatic rings. The number of nitrogens with zero attached hydrogens (tertiary/aromatic N) is 2. The molecular weight excluding hydrogens is 254 g/mol. The first-order valence-electron chi connectivity index (χ1n) is 6.83. The van der Waals surface area contributed by atoms with Gasteiger partial charge in [-0.3, -0.25) is 4.57 Å². The van der Waals surface area contributed by atoms with E-state index in [1.165, 1.54) is 0 Å². The van der Waals surface area contributed by atoms with Crippen LogP contribution in [-0.2, 0) is 16.0 Å². The number of aromatic nitrogens is 2. The van der Waals surface area contributed by atoms with Gasteiger partial charge < -0.3 is 14.8 Å². The van der Waals surface area contributed by atoms with E-state index in [0.717, 1.165) is 30.3 Å². The monoisotopic (exact) mass is 273 g/mol. The molecule has 1 aromatic carbocycles. The van der Waals surface area contributed by atoms with Gasteiger partial charge in [-0.05, 0) is 19.1 Å². The van der Waals surface area contributed by atoms with Crippen LogP contribution >= 0.6 is 0 Å². The Morgan fingerprint density at radius 1 is 1.35 bits per heavy atom. The average Bonchev–Trinajstić information content (AvgIpc) is 3.10. The number of rotatable bonds is 5. The summed E-state index contributed by atoms with van der Waals surface area (Å²) in [4.78, 5) is 4.41. The highest BCUT2D eigenvalue weighted by molar-refractivity contribution is 5.35. The maximum Gasteiger partial charge on any atom is 0.147 e. The van der Waals surface area contributed by atoms with Crippen molar-refractivity contribution in [2.24, 2.45) is 0 Å². The zero-order chi connectivity index (χ0) is 13.8. The number of ether oxygens (including phenoxy) is 2. The largest absolute Gasteiger partial charge is 0.353 e. The standard InChI is InChI=1S/C15H19N3O2/c1-12-17-8-14(7-16-9-15-10-19-11-20-15)18(12)13-5-3-2-4-6-13/h2-6,8,15-16H,7,9-11H2,1H3. The molecule has 0 amide bonds. The Balaban J connectivity index is 1.67. The predicted octanol–water partition coefficient (Wildman–Crippen LogP) is 1.64. The Kier molecular flexibility index (Phi) is 4.11. The summed E-state index contributed by atoms with van der Waals surface area (Å²) in [7, 11) is 0. The molecule has 1 aromatic heterocycles. The van der Waals surface area contributed by atoms with E-state index >= 15 is 0 Å². The molecule has 0 radical (unpaired) electrons. The molecule has 1 fully saturated rings. The topological polar surface area (TPSA) is 48.3 Å². The normalized spacial score (nSPS) is 18.6.